The van der Waals surface area contributed by atoms with Crippen molar-refractivity contribution in [2.24, 2.45) is 0 Å². The van der Waals surface area contributed by atoms with Crippen LogP contribution in [0.4, 0.5) is 0 Å². The molecule has 0 amide bonds. The van der Waals surface area contributed by atoms with Gasteiger partial charge in [0.05, 0.1) is 25.2 Å². The van der Waals surface area contributed by atoms with Crippen LogP contribution in [0.2, 0.25) is 5.02 Å². The molecule has 1 aromatic heterocycles. The number of likely N-dealkylation sites (tertiary alicyclic amines) is 1. The van der Waals surface area contributed by atoms with Crippen molar-refractivity contribution in [1.82, 2.24) is 15.0 Å². The first-order chi connectivity index (χ1) is 13.3. The third-order valence-electron chi connectivity index (χ3n) is 5.28. The second kappa shape index (κ2) is 9.15. The zero-order valence-electron chi connectivity index (χ0n) is 15.5. The summed E-state index contributed by atoms with van der Waals surface area (Å²) in [5.41, 5.74) is 0.921. The summed E-state index contributed by atoms with van der Waals surface area (Å²) in [6.45, 7) is 5.30. The molecule has 2 aromatic rings. The zero-order valence-corrected chi connectivity index (χ0v) is 16.2. The number of nitrogens with zero attached hydrogens (tertiary/aromatic N) is 3. The van der Waals surface area contributed by atoms with Gasteiger partial charge in [0.2, 0.25) is 11.7 Å². The highest BCUT2D eigenvalue weighted by Crippen LogP contribution is 2.27. The lowest BCUT2D eigenvalue weighted by Crippen LogP contribution is -2.37. The average Bonchev–Trinajstić information content (AvgIpc) is 3.38. The van der Waals surface area contributed by atoms with Gasteiger partial charge in [-0.15, -0.1) is 0 Å². The van der Waals surface area contributed by atoms with Crippen LogP contribution < -0.4 is 0 Å². The molecule has 4 rings (SSSR count). The van der Waals surface area contributed by atoms with Gasteiger partial charge in [-0.25, -0.2) is 0 Å². The molecule has 0 N–H and O–H groups in total. The Hall–Kier alpha value is -1.47. The van der Waals surface area contributed by atoms with E-state index in [0.717, 1.165) is 70.0 Å². The van der Waals surface area contributed by atoms with Crippen LogP contribution in [-0.4, -0.2) is 60.6 Å². The Labute approximate surface area is 164 Å². The van der Waals surface area contributed by atoms with E-state index < -0.39 is 0 Å². The first kappa shape index (κ1) is 18.9. The van der Waals surface area contributed by atoms with Crippen molar-refractivity contribution in [2.45, 2.75) is 37.7 Å². The highest BCUT2D eigenvalue weighted by molar-refractivity contribution is 6.30. The molecular formula is C20H26ClN3O3. The van der Waals surface area contributed by atoms with E-state index in [1.807, 2.05) is 24.3 Å². The van der Waals surface area contributed by atoms with E-state index in [9.17, 15) is 0 Å². The molecule has 2 unspecified atom stereocenters. The SMILES string of the molecule is Clc1ccc(-c2noc(C3CCCN(CCOCC4CCCO4)C3)n2)cc1. The van der Waals surface area contributed by atoms with Crippen molar-refractivity contribution < 1.29 is 14.0 Å². The van der Waals surface area contributed by atoms with Crippen LogP contribution in [0.15, 0.2) is 28.8 Å². The standard InChI is InChI=1S/C20H26ClN3O3/c21-17-7-5-15(6-8-17)19-22-20(27-23-19)16-3-1-9-24(13-16)10-12-25-14-18-4-2-11-26-18/h5-8,16,18H,1-4,9-14H2. The van der Waals surface area contributed by atoms with E-state index in [4.69, 9.17) is 25.6 Å². The molecule has 146 valence electrons. The van der Waals surface area contributed by atoms with Crippen LogP contribution >= 0.6 is 11.6 Å². The third-order valence-corrected chi connectivity index (χ3v) is 5.53. The van der Waals surface area contributed by atoms with Crippen molar-refractivity contribution in [2.75, 3.05) is 39.5 Å². The summed E-state index contributed by atoms with van der Waals surface area (Å²) >= 11 is 5.94. The highest BCUT2D eigenvalue weighted by Gasteiger charge is 2.26. The summed E-state index contributed by atoms with van der Waals surface area (Å²) in [5.74, 6) is 1.63. The van der Waals surface area contributed by atoms with Gasteiger partial charge in [-0.3, -0.25) is 0 Å². The van der Waals surface area contributed by atoms with Crippen LogP contribution in [0.1, 0.15) is 37.5 Å². The van der Waals surface area contributed by atoms with Crippen LogP contribution in [0.3, 0.4) is 0 Å². The maximum absolute atomic E-state index is 5.94. The number of benzene rings is 1. The topological polar surface area (TPSA) is 60.6 Å². The van der Waals surface area contributed by atoms with Gasteiger partial charge in [-0.05, 0) is 56.5 Å². The maximum atomic E-state index is 5.94. The zero-order chi connectivity index (χ0) is 18.5. The van der Waals surface area contributed by atoms with Crippen molar-refractivity contribution in [1.29, 1.82) is 0 Å². The predicted molar refractivity (Wildman–Crippen MR) is 103 cm³/mol. The number of hydrogen-bond acceptors (Lipinski definition) is 6. The maximum Gasteiger partial charge on any atom is 0.231 e. The van der Waals surface area contributed by atoms with Gasteiger partial charge in [0.25, 0.3) is 0 Å². The summed E-state index contributed by atoms with van der Waals surface area (Å²) < 4.78 is 17.0. The fourth-order valence-corrected chi connectivity index (χ4v) is 3.89. The molecule has 1 aromatic carbocycles. The van der Waals surface area contributed by atoms with Crippen molar-refractivity contribution in [3.63, 3.8) is 0 Å². The Bertz CT molecular complexity index is 716. The lowest BCUT2D eigenvalue weighted by atomic mass is 9.98. The van der Waals surface area contributed by atoms with Gasteiger partial charge < -0.3 is 18.9 Å². The second-order valence-corrected chi connectivity index (χ2v) is 7.75. The van der Waals surface area contributed by atoms with Crippen LogP contribution in [-0.2, 0) is 9.47 Å². The lowest BCUT2D eigenvalue weighted by molar-refractivity contribution is 0.00816. The summed E-state index contributed by atoms with van der Waals surface area (Å²) in [4.78, 5) is 7.05. The molecule has 7 heteroatoms. The third kappa shape index (κ3) is 5.08. The number of rotatable bonds is 7. The van der Waals surface area contributed by atoms with Crippen LogP contribution in [0.5, 0.6) is 0 Å². The fourth-order valence-electron chi connectivity index (χ4n) is 3.76. The molecule has 0 bridgehead atoms. The van der Waals surface area contributed by atoms with E-state index in [1.165, 1.54) is 0 Å². The molecule has 27 heavy (non-hydrogen) atoms. The fraction of sp³-hybridized carbons (Fsp3) is 0.600. The molecule has 2 atom stereocenters. The Balaban J connectivity index is 1.27. The Morgan fingerprint density at radius 2 is 2.07 bits per heavy atom. The first-order valence-corrected chi connectivity index (χ1v) is 10.2. The van der Waals surface area contributed by atoms with E-state index in [2.05, 4.69) is 15.0 Å². The minimum Gasteiger partial charge on any atom is -0.377 e. The number of ether oxygens (including phenoxy) is 2. The molecule has 0 aliphatic carbocycles. The van der Waals surface area contributed by atoms with Gasteiger partial charge in [0, 0.05) is 30.3 Å². The molecule has 3 heterocycles. The van der Waals surface area contributed by atoms with Crippen LogP contribution in [0.25, 0.3) is 11.4 Å². The van der Waals surface area contributed by atoms with Crippen molar-refractivity contribution >= 4 is 11.6 Å². The highest BCUT2D eigenvalue weighted by atomic mass is 35.5. The molecule has 2 aliphatic rings. The summed E-state index contributed by atoms with van der Waals surface area (Å²) in [6.07, 6.45) is 4.79. The summed E-state index contributed by atoms with van der Waals surface area (Å²) in [6, 6.07) is 7.50. The van der Waals surface area contributed by atoms with E-state index in [0.29, 0.717) is 23.6 Å². The van der Waals surface area contributed by atoms with Crippen LogP contribution in [0, 0.1) is 0 Å². The van der Waals surface area contributed by atoms with Gasteiger partial charge in [-0.2, -0.15) is 4.98 Å². The molecule has 0 radical (unpaired) electrons. The first-order valence-electron chi connectivity index (χ1n) is 9.79. The Morgan fingerprint density at radius 3 is 2.89 bits per heavy atom. The van der Waals surface area contributed by atoms with E-state index in [1.54, 1.807) is 0 Å². The van der Waals surface area contributed by atoms with E-state index in [-0.39, 0.29) is 5.92 Å². The monoisotopic (exact) mass is 391 g/mol. The molecular weight excluding hydrogens is 366 g/mol. The van der Waals surface area contributed by atoms with Crippen molar-refractivity contribution in [3.05, 3.63) is 35.2 Å². The Morgan fingerprint density at radius 1 is 1.19 bits per heavy atom. The smallest absolute Gasteiger partial charge is 0.231 e. The van der Waals surface area contributed by atoms with Gasteiger partial charge in [0.15, 0.2) is 0 Å². The summed E-state index contributed by atoms with van der Waals surface area (Å²) in [5, 5.41) is 4.85. The van der Waals surface area contributed by atoms with Gasteiger partial charge >= 0.3 is 0 Å². The minimum atomic E-state index is 0.283. The lowest BCUT2D eigenvalue weighted by Gasteiger charge is -2.30. The molecule has 0 saturated carbocycles. The second-order valence-electron chi connectivity index (χ2n) is 7.31. The normalized spacial score (nSPS) is 23.7. The number of halogens is 1. The number of piperidine rings is 1. The van der Waals surface area contributed by atoms with Gasteiger partial charge in [0.1, 0.15) is 0 Å². The Kier molecular flexibility index (Phi) is 6.39. The van der Waals surface area contributed by atoms with E-state index >= 15 is 0 Å². The molecule has 2 fully saturated rings. The average molecular weight is 392 g/mol. The van der Waals surface area contributed by atoms with Gasteiger partial charge in [-0.1, -0.05) is 16.8 Å². The quantitative estimate of drug-likeness (QED) is 0.669. The molecule has 6 nitrogen and oxygen atoms in total. The number of hydrogen-bond donors (Lipinski definition) is 0. The minimum absolute atomic E-state index is 0.283. The number of aromatic nitrogens is 2. The van der Waals surface area contributed by atoms with Crippen molar-refractivity contribution in [3.8, 4) is 11.4 Å². The predicted octanol–water partition coefficient (Wildman–Crippen LogP) is 3.77. The molecule has 0 spiro atoms. The largest absolute Gasteiger partial charge is 0.377 e. The summed E-state index contributed by atoms with van der Waals surface area (Å²) in [7, 11) is 0. The molecule has 2 aliphatic heterocycles. The molecule has 2 saturated heterocycles.